The van der Waals surface area contributed by atoms with E-state index in [2.05, 4.69) is 24.7 Å². The SMILES string of the molecule is C=CC1=C(C=C)CC(N=CC)=C(C=C)CC1. The Morgan fingerprint density at radius 3 is 2.00 bits per heavy atom. The van der Waals surface area contributed by atoms with Gasteiger partial charge in [0.1, 0.15) is 0 Å². The second kappa shape index (κ2) is 6.06. The average Bonchev–Trinajstić information content (AvgIpc) is 2.48. The third-order valence-electron chi connectivity index (χ3n) is 2.83. The Balaban J connectivity index is 3.15. The smallest absolute Gasteiger partial charge is 0.0475 e. The molecule has 0 aliphatic heterocycles. The molecule has 0 fully saturated rings. The molecule has 0 radical (unpaired) electrons. The molecule has 1 aliphatic rings. The standard InChI is InChI=1S/C15H19N/c1-5-12-9-10-13(6-2)15(16-8-4)11-14(12)7-3/h5-8H,1-3,9-11H2,4H3. The third-order valence-corrected chi connectivity index (χ3v) is 2.83. The molecular formula is C15H19N. The number of aliphatic imine (C=N–C) groups is 1. The molecule has 0 spiro atoms. The van der Waals surface area contributed by atoms with Crippen molar-refractivity contribution in [3.05, 3.63) is 60.4 Å². The van der Waals surface area contributed by atoms with Crippen molar-refractivity contribution in [1.29, 1.82) is 0 Å². The summed E-state index contributed by atoms with van der Waals surface area (Å²) >= 11 is 0. The Kier molecular flexibility index (Phi) is 4.71. The summed E-state index contributed by atoms with van der Waals surface area (Å²) in [5, 5.41) is 0. The molecule has 0 atom stereocenters. The first kappa shape index (κ1) is 12.4. The highest BCUT2D eigenvalue weighted by atomic mass is 14.7. The summed E-state index contributed by atoms with van der Waals surface area (Å²) in [6, 6.07) is 0. The Morgan fingerprint density at radius 2 is 1.50 bits per heavy atom. The van der Waals surface area contributed by atoms with Crippen molar-refractivity contribution in [1.82, 2.24) is 0 Å². The molecule has 0 saturated carbocycles. The Bertz CT molecular complexity index is 392. The third kappa shape index (κ3) is 2.69. The van der Waals surface area contributed by atoms with E-state index in [9.17, 15) is 0 Å². The average molecular weight is 213 g/mol. The first-order valence-electron chi connectivity index (χ1n) is 5.56. The van der Waals surface area contributed by atoms with E-state index in [1.165, 1.54) is 16.7 Å². The van der Waals surface area contributed by atoms with E-state index in [1.807, 2.05) is 31.4 Å². The number of hydrogen-bond donors (Lipinski definition) is 0. The Morgan fingerprint density at radius 1 is 0.938 bits per heavy atom. The quantitative estimate of drug-likeness (QED) is 0.615. The molecule has 0 N–H and O–H groups in total. The zero-order chi connectivity index (χ0) is 12.0. The highest BCUT2D eigenvalue weighted by molar-refractivity contribution is 5.57. The van der Waals surface area contributed by atoms with Crippen LogP contribution in [0.2, 0.25) is 0 Å². The lowest BCUT2D eigenvalue weighted by Crippen LogP contribution is -1.87. The van der Waals surface area contributed by atoms with E-state index < -0.39 is 0 Å². The molecule has 1 nitrogen and oxygen atoms in total. The van der Waals surface area contributed by atoms with Crippen molar-refractivity contribution in [3.63, 3.8) is 0 Å². The molecule has 0 aromatic carbocycles. The molecule has 1 rings (SSSR count). The summed E-state index contributed by atoms with van der Waals surface area (Å²) in [4.78, 5) is 4.43. The maximum absolute atomic E-state index is 4.43. The van der Waals surface area contributed by atoms with Crippen LogP contribution >= 0.6 is 0 Å². The van der Waals surface area contributed by atoms with Gasteiger partial charge in [-0.25, -0.2) is 0 Å². The van der Waals surface area contributed by atoms with Gasteiger partial charge in [-0.1, -0.05) is 38.0 Å². The van der Waals surface area contributed by atoms with Gasteiger partial charge in [0.25, 0.3) is 0 Å². The van der Waals surface area contributed by atoms with Crippen molar-refractivity contribution in [2.45, 2.75) is 26.2 Å². The van der Waals surface area contributed by atoms with Crippen LogP contribution in [0.15, 0.2) is 65.4 Å². The Hall–Kier alpha value is -1.63. The van der Waals surface area contributed by atoms with Crippen molar-refractivity contribution in [3.8, 4) is 0 Å². The summed E-state index contributed by atoms with van der Waals surface area (Å²) in [5.74, 6) is 0. The van der Waals surface area contributed by atoms with Crippen LogP contribution in [0.4, 0.5) is 0 Å². The zero-order valence-corrected chi connectivity index (χ0v) is 10.00. The number of allylic oxidation sites excluding steroid dienone is 6. The van der Waals surface area contributed by atoms with E-state index in [4.69, 9.17) is 0 Å². The monoisotopic (exact) mass is 213 g/mol. The van der Waals surface area contributed by atoms with E-state index in [0.717, 1.165) is 25.0 Å². The molecule has 1 aliphatic carbocycles. The van der Waals surface area contributed by atoms with Gasteiger partial charge >= 0.3 is 0 Å². The normalized spacial score (nSPS) is 17.6. The number of hydrogen-bond acceptors (Lipinski definition) is 1. The van der Waals surface area contributed by atoms with Crippen LogP contribution in [0.3, 0.4) is 0 Å². The van der Waals surface area contributed by atoms with E-state index in [1.54, 1.807) is 0 Å². The van der Waals surface area contributed by atoms with Crippen LogP contribution in [0.1, 0.15) is 26.2 Å². The lowest BCUT2D eigenvalue weighted by atomic mass is 10.0. The van der Waals surface area contributed by atoms with Gasteiger partial charge in [-0.2, -0.15) is 0 Å². The van der Waals surface area contributed by atoms with Gasteiger partial charge in [0.15, 0.2) is 0 Å². The minimum Gasteiger partial charge on any atom is -0.265 e. The first-order chi connectivity index (χ1) is 7.76. The van der Waals surface area contributed by atoms with E-state index >= 15 is 0 Å². The molecule has 0 amide bonds. The molecule has 16 heavy (non-hydrogen) atoms. The van der Waals surface area contributed by atoms with Crippen LogP contribution < -0.4 is 0 Å². The van der Waals surface area contributed by atoms with Crippen LogP contribution in [0, 0.1) is 0 Å². The van der Waals surface area contributed by atoms with Gasteiger partial charge < -0.3 is 0 Å². The largest absolute Gasteiger partial charge is 0.265 e. The molecule has 0 aromatic rings. The molecule has 0 aromatic heterocycles. The maximum atomic E-state index is 4.43. The summed E-state index contributed by atoms with van der Waals surface area (Å²) in [7, 11) is 0. The summed E-state index contributed by atoms with van der Waals surface area (Å²) in [5.41, 5.74) is 4.83. The first-order valence-corrected chi connectivity index (χ1v) is 5.56. The van der Waals surface area contributed by atoms with E-state index in [-0.39, 0.29) is 0 Å². The molecule has 0 unspecified atom stereocenters. The molecule has 0 bridgehead atoms. The van der Waals surface area contributed by atoms with E-state index in [0.29, 0.717) is 0 Å². The van der Waals surface area contributed by atoms with Gasteiger partial charge in [0.2, 0.25) is 0 Å². The van der Waals surface area contributed by atoms with Crippen LogP contribution in [-0.2, 0) is 0 Å². The highest BCUT2D eigenvalue weighted by Gasteiger charge is 2.12. The predicted molar refractivity (Wildman–Crippen MR) is 72.7 cm³/mol. The fraction of sp³-hybridized carbons (Fsp3) is 0.267. The van der Waals surface area contributed by atoms with Crippen LogP contribution in [0.25, 0.3) is 0 Å². The fourth-order valence-electron chi connectivity index (χ4n) is 1.92. The summed E-state index contributed by atoms with van der Waals surface area (Å²) < 4.78 is 0. The van der Waals surface area contributed by atoms with Crippen molar-refractivity contribution >= 4 is 6.21 Å². The number of rotatable bonds is 4. The van der Waals surface area contributed by atoms with Gasteiger partial charge in [0, 0.05) is 18.3 Å². The minimum atomic E-state index is 0.830. The lowest BCUT2D eigenvalue weighted by molar-refractivity contribution is 0.965. The van der Waals surface area contributed by atoms with Gasteiger partial charge in [-0.05, 0) is 36.5 Å². The van der Waals surface area contributed by atoms with Crippen molar-refractivity contribution < 1.29 is 0 Å². The van der Waals surface area contributed by atoms with Crippen LogP contribution in [-0.4, -0.2) is 6.21 Å². The van der Waals surface area contributed by atoms with Crippen molar-refractivity contribution in [2.24, 2.45) is 4.99 Å². The molecule has 0 saturated heterocycles. The topological polar surface area (TPSA) is 12.4 Å². The molecule has 1 heteroatoms. The van der Waals surface area contributed by atoms with Gasteiger partial charge in [0.05, 0.1) is 0 Å². The summed E-state index contributed by atoms with van der Waals surface area (Å²) in [6.45, 7) is 13.5. The van der Waals surface area contributed by atoms with Crippen LogP contribution in [0.5, 0.6) is 0 Å². The zero-order valence-electron chi connectivity index (χ0n) is 10.00. The molecular weight excluding hydrogens is 194 g/mol. The Labute approximate surface area is 98.3 Å². The summed E-state index contributed by atoms with van der Waals surface area (Å²) in [6.07, 6.45) is 10.4. The minimum absolute atomic E-state index is 0.830. The fourth-order valence-corrected chi connectivity index (χ4v) is 1.92. The lowest BCUT2D eigenvalue weighted by Gasteiger charge is -2.05. The highest BCUT2D eigenvalue weighted by Crippen LogP contribution is 2.30. The van der Waals surface area contributed by atoms with Gasteiger partial charge in [-0.15, -0.1) is 0 Å². The predicted octanol–water partition coefficient (Wildman–Crippen LogP) is 4.37. The van der Waals surface area contributed by atoms with Crippen molar-refractivity contribution in [2.75, 3.05) is 0 Å². The van der Waals surface area contributed by atoms with Gasteiger partial charge in [-0.3, -0.25) is 4.99 Å². The maximum Gasteiger partial charge on any atom is 0.0475 e. The second-order valence-electron chi connectivity index (χ2n) is 3.70. The number of nitrogens with zero attached hydrogens (tertiary/aromatic N) is 1. The second-order valence-corrected chi connectivity index (χ2v) is 3.70. The molecule has 84 valence electrons. The molecule has 0 heterocycles.